The van der Waals surface area contributed by atoms with E-state index >= 15 is 0 Å². The lowest BCUT2D eigenvalue weighted by molar-refractivity contribution is -0.118. The van der Waals surface area contributed by atoms with Crippen molar-refractivity contribution in [2.24, 2.45) is 0 Å². The molecule has 1 aromatic carbocycles. The van der Waals surface area contributed by atoms with E-state index in [2.05, 4.69) is 10.6 Å². The van der Waals surface area contributed by atoms with Crippen LogP contribution in [0.1, 0.15) is 6.92 Å². The Bertz CT molecular complexity index is 418. The first kappa shape index (κ1) is 18.9. The van der Waals surface area contributed by atoms with Gasteiger partial charge in [-0.05, 0) is 32.2 Å². The van der Waals surface area contributed by atoms with E-state index in [1.807, 2.05) is 14.0 Å². The van der Waals surface area contributed by atoms with Gasteiger partial charge in [-0.15, -0.1) is 24.2 Å². The predicted octanol–water partition coefficient (Wildman–Crippen LogP) is 3.23. The van der Waals surface area contributed by atoms with E-state index in [-0.39, 0.29) is 24.4 Å². The van der Waals surface area contributed by atoms with E-state index in [1.165, 1.54) is 11.8 Å². The maximum atomic E-state index is 11.6. The van der Waals surface area contributed by atoms with Gasteiger partial charge in [0.05, 0.1) is 10.8 Å². The van der Waals surface area contributed by atoms with E-state index in [1.54, 1.807) is 18.2 Å². The molecule has 108 valence electrons. The van der Waals surface area contributed by atoms with Gasteiger partial charge in [0.25, 0.3) is 0 Å². The van der Waals surface area contributed by atoms with Crippen LogP contribution in [0, 0.1) is 0 Å². The van der Waals surface area contributed by atoms with Gasteiger partial charge < -0.3 is 10.6 Å². The van der Waals surface area contributed by atoms with Crippen LogP contribution in [-0.4, -0.2) is 31.3 Å². The van der Waals surface area contributed by atoms with Crippen LogP contribution in [0.25, 0.3) is 0 Å². The molecule has 0 saturated heterocycles. The monoisotopic (exact) mass is 342 g/mol. The van der Waals surface area contributed by atoms with E-state index in [4.69, 9.17) is 23.2 Å². The standard InChI is InChI=1S/C12H16Cl2N2OS.ClH/c1-8(15-2)6-16-12(17)7-18-11-5-9(13)3-4-10(11)14;/h3-5,8,15H,6-7H2,1-2H3,(H,16,17);1H. The summed E-state index contributed by atoms with van der Waals surface area (Å²) in [6, 6.07) is 5.47. The third-order valence-corrected chi connectivity index (χ3v) is 4.08. The van der Waals surface area contributed by atoms with Gasteiger partial charge in [-0.1, -0.05) is 23.2 Å². The lowest BCUT2D eigenvalue weighted by atomic mass is 10.3. The average molecular weight is 344 g/mol. The molecular weight excluding hydrogens is 327 g/mol. The summed E-state index contributed by atoms with van der Waals surface area (Å²) in [4.78, 5) is 12.4. The van der Waals surface area contributed by atoms with Crippen LogP contribution in [0.15, 0.2) is 23.1 Å². The van der Waals surface area contributed by atoms with Crippen molar-refractivity contribution in [3.8, 4) is 0 Å². The second-order valence-corrected chi connectivity index (χ2v) is 5.72. The Morgan fingerprint density at radius 2 is 2.11 bits per heavy atom. The summed E-state index contributed by atoms with van der Waals surface area (Å²) < 4.78 is 0. The van der Waals surface area contributed by atoms with E-state index in [0.717, 1.165) is 4.90 Å². The Morgan fingerprint density at radius 3 is 2.74 bits per heavy atom. The Labute approximate surface area is 134 Å². The summed E-state index contributed by atoms with van der Waals surface area (Å²) in [7, 11) is 1.86. The van der Waals surface area contributed by atoms with Crippen molar-refractivity contribution in [1.82, 2.24) is 10.6 Å². The Kier molecular flexibility index (Phi) is 9.66. The maximum Gasteiger partial charge on any atom is 0.230 e. The number of rotatable bonds is 6. The van der Waals surface area contributed by atoms with Crippen molar-refractivity contribution in [3.05, 3.63) is 28.2 Å². The van der Waals surface area contributed by atoms with Gasteiger partial charge in [0.2, 0.25) is 5.91 Å². The third kappa shape index (κ3) is 7.28. The molecule has 0 radical (unpaired) electrons. The fourth-order valence-corrected chi connectivity index (χ4v) is 2.47. The number of amides is 1. The number of carbonyl (C=O) groups is 1. The molecule has 1 amide bonds. The maximum absolute atomic E-state index is 11.6. The number of nitrogens with one attached hydrogen (secondary N) is 2. The molecule has 0 aliphatic carbocycles. The minimum Gasteiger partial charge on any atom is -0.354 e. The van der Waals surface area contributed by atoms with Crippen molar-refractivity contribution >= 4 is 53.3 Å². The van der Waals surface area contributed by atoms with E-state index in [9.17, 15) is 4.79 Å². The SMILES string of the molecule is CNC(C)CNC(=O)CSc1cc(Cl)ccc1Cl.Cl. The molecule has 19 heavy (non-hydrogen) atoms. The van der Waals surface area contributed by atoms with Gasteiger partial charge in [-0.25, -0.2) is 0 Å². The Morgan fingerprint density at radius 1 is 1.42 bits per heavy atom. The van der Waals surface area contributed by atoms with Gasteiger partial charge in [0, 0.05) is 22.5 Å². The van der Waals surface area contributed by atoms with Crippen molar-refractivity contribution in [2.45, 2.75) is 17.9 Å². The zero-order valence-corrected chi connectivity index (χ0v) is 13.8. The molecule has 1 atom stereocenters. The van der Waals surface area contributed by atoms with Crippen LogP contribution >= 0.6 is 47.4 Å². The zero-order chi connectivity index (χ0) is 13.5. The molecule has 0 aromatic heterocycles. The molecule has 0 aliphatic rings. The molecular formula is C12H17Cl3N2OS. The number of halogens is 3. The molecule has 0 fully saturated rings. The fourth-order valence-electron chi connectivity index (χ4n) is 1.15. The van der Waals surface area contributed by atoms with Gasteiger partial charge in [0.15, 0.2) is 0 Å². The number of hydrogen-bond acceptors (Lipinski definition) is 3. The fraction of sp³-hybridized carbons (Fsp3) is 0.417. The molecule has 0 aliphatic heterocycles. The highest BCUT2D eigenvalue weighted by Gasteiger charge is 2.07. The minimum atomic E-state index is -0.0156. The van der Waals surface area contributed by atoms with Gasteiger partial charge >= 0.3 is 0 Å². The van der Waals surface area contributed by atoms with Crippen LogP contribution in [0.3, 0.4) is 0 Å². The quantitative estimate of drug-likeness (QED) is 0.779. The molecule has 7 heteroatoms. The molecule has 0 spiro atoms. The highest BCUT2D eigenvalue weighted by atomic mass is 35.5. The number of carbonyl (C=O) groups excluding carboxylic acids is 1. The Balaban J connectivity index is 0.00000324. The number of benzene rings is 1. The number of hydrogen-bond donors (Lipinski definition) is 2. The predicted molar refractivity (Wildman–Crippen MR) is 86.0 cm³/mol. The lowest BCUT2D eigenvalue weighted by Gasteiger charge is -2.11. The van der Waals surface area contributed by atoms with Crippen molar-refractivity contribution < 1.29 is 4.79 Å². The summed E-state index contributed by atoms with van der Waals surface area (Å²) >= 11 is 13.3. The molecule has 1 rings (SSSR count). The molecule has 1 aromatic rings. The molecule has 3 nitrogen and oxygen atoms in total. The van der Waals surface area contributed by atoms with Crippen molar-refractivity contribution in [3.63, 3.8) is 0 Å². The number of thioether (sulfide) groups is 1. The first-order chi connectivity index (χ1) is 8.52. The first-order valence-corrected chi connectivity index (χ1v) is 7.29. The van der Waals surface area contributed by atoms with Gasteiger partial charge in [-0.3, -0.25) is 4.79 Å². The van der Waals surface area contributed by atoms with Crippen LogP contribution in [-0.2, 0) is 4.79 Å². The third-order valence-electron chi connectivity index (χ3n) is 2.35. The minimum absolute atomic E-state index is 0. The number of likely N-dealkylation sites (N-methyl/N-ethyl adjacent to an activating group) is 1. The largest absolute Gasteiger partial charge is 0.354 e. The van der Waals surface area contributed by atoms with Crippen LogP contribution in [0.4, 0.5) is 0 Å². The Hall–Kier alpha value is -0.130. The molecule has 1 unspecified atom stereocenters. The molecule has 0 bridgehead atoms. The van der Waals surface area contributed by atoms with Crippen molar-refractivity contribution in [2.75, 3.05) is 19.3 Å². The summed E-state index contributed by atoms with van der Waals surface area (Å²) in [5, 5.41) is 7.12. The molecule has 2 N–H and O–H groups in total. The summed E-state index contributed by atoms with van der Waals surface area (Å²) in [6.07, 6.45) is 0. The van der Waals surface area contributed by atoms with E-state index < -0.39 is 0 Å². The average Bonchev–Trinajstić information content (AvgIpc) is 2.36. The first-order valence-electron chi connectivity index (χ1n) is 5.54. The molecule has 0 saturated carbocycles. The lowest BCUT2D eigenvalue weighted by Crippen LogP contribution is -2.37. The summed E-state index contributed by atoms with van der Waals surface area (Å²) in [6.45, 7) is 2.61. The van der Waals surface area contributed by atoms with Crippen LogP contribution < -0.4 is 10.6 Å². The summed E-state index contributed by atoms with van der Waals surface area (Å²) in [5.41, 5.74) is 0. The van der Waals surface area contributed by atoms with Crippen LogP contribution in [0.2, 0.25) is 10.0 Å². The van der Waals surface area contributed by atoms with Gasteiger partial charge in [-0.2, -0.15) is 0 Å². The molecule has 0 heterocycles. The smallest absolute Gasteiger partial charge is 0.230 e. The van der Waals surface area contributed by atoms with Crippen LogP contribution in [0.5, 0.6) is 0 Å². The van der Waals surface area contributed by atoms with E-state index in [0.29, 0.717) is 22.3 Å². The second kappa shape index (κ2) is 9.72. The topological polar surface area (TPSA) is 41.1 Å². The second-order valence-electron chi connectivity index (χ2n) is 3.86. The normalized spacial score (nSPS) is 11.6. The van der Waals surface area contributed by atoms with Crippen molar-refractivity contribution in [1.29, 1.82) is 0 Å². The highest BCUT2D eigenvalue weighted by Crippen LogP contribution is 2.29. The zero-order valence-electron chi connectivity index (χ0n) is 10.7. The summed E-state index contributed by atoms with van der Waals surface area (Å²) in [5.74, 6) is 0.314. The highest BCUT2D eigenvalue weighted by molar-refractivity contribution is 8.00. The van der Waals surface area contributed by atoms with Gasteiger partial charge in [0.1, 0.15) is 0 Å².